The molecular weight excluding hydrogens is 450 g/mol. The van der Waals surface area contributed by atoms with Crippen LogP contribution in [0.3, 0.4) is 0 Å². The Morgan fingerprint density at radius 2 is 1.90 bits per heavy atom. The van der Waals surface area contributed by atoms with Crippen molar-refractivity contribution in [1.29, 1.82) is 0 Å². The molecule has 31 heavy (non-hydrogen) atoms. The number of carbonyl (C=O) groups is 1. The maximum atomic E-state index is 12.6. The van der Waals surface area contributed by atoms with Gasteiger partial charge in [0.1, 0.15) is 15.8 Å². The normalized spacial score (nSPS) is 14.9. The molecule has 1 fully saturated rings. The Labute approximate surface area is 197 Å². The molecule has 0 atom stereocenters. The van der Waals surface area contributed by atoms with Gasteiger partial charge in [0.2, 0.25) is 0 Å². The smallest absolute Gasteiger partial charge is 0.266 e. The molecule has 0 aromatic heterocycles. The molecule has 0 aliphatic carbocycles. The zero-order valence-electron chi connectivity index (χ0n) is 17.5. The molecular formula is C24H24ClNO3S2. The first-order chi connectivity index (χ1) is 14.9. The first kappa shape index (κ1) is 23.4. The van der Waals surface area contributed by atoms with E-state index >= 15 is 0 Å². The zero-order chi connectivity index (χ0) is 22.4. The quantitative estimate of drug-likeness (QED) is 0.188. The van der Waals surface area contributed by atoms with Crippen LogP contribution in [0, 0.1) is 13.8 Å². The molecule has 1 heterocycles. The molecule has 2 aromatic carbocycles. The van der Waals surface area contributed by atoms with Gasteiger partial charge in [0, 0.05) is 23.6 Å². The molecule has 1 amide bonds. The Kier molecular flexibility index (Phi) is 8.18. The number of ether oxygens (including phenoxy) is 2. The van der Waals surface area contributed by atoms with Gasteiger partial charge in [0.15, 0.2) is 0 Å². The summed E-state index contributed by atoms with van der Waals surface area (Å²) in [6.45, 7) is 9.21. The predicted molar refractivity (Wildman–Crippen MR) is 133 cm³/mol. The topological polar surface area (TPSA) is 38.8 Å². The Morgan fingerprint density at radius 3 is 2.65 bits per heavy atom. The van der Waals surface area contributed by atoms with E-state index in [-0.39, 0.29) is 5.91 Å². The van der Waals surface area contributed by atoms with E-state index in [1.165, 1.54) is 22.2 Å². The van der Waals surface area contributed by atoms with Gasteiger partial charge in [-0.15, -0.1) is 6.58 Å². The predicted octanol–water partition coefficient (Wildman–Crippen LogP) is 6.19. The van der Waals surface area contributed by atoms with Crippen LogP contribution in [-0.4, -0.2) is 34.9 Å². The lowest BCUT2D eigenvalue weighted by Gasteiger charge is -2.13. The van der Waals surface area contributed by atoms with Crippen molar-refractivity contribution in [2.24, 2.45) is 0 Å². The lowest BCUT2D eigenvalue weighted by atomic mass is 10.1. The van der Waals surface area contributed by atoms with Crippen LogP contribution in [0.15, 0.2) is 54.0 Å². The van der Waals surface area contributed by atoms with Crippen molar-refractivity contribution in [3.8, 4) is 11.5 Å². The number of rotatable bonds is 9. The van der Waals surface area contributed by atoms with E-state index < -0.39 is 0 Å². The Balaban J connectivity index is 1.63. The molecule has 2 aromatic rings. The number of hydrogen-bond acceptors (Lipinski definition) is 5. The van der Waals surface area contributed by atoms with E-state index in [0.717, 1.165) is 23.3 Å². The highest BCUT2D eigenvalue weighted by Crippen LogP contribution is 2.35. The Hall–Kier alpha value is -2.28. The van der Waals surface area contributed by atoms with Crippen molar-refractivity contribution in [2.45, 2.75) is 20.3 Å². The number of benzene rings is 2. The largest absolute Gasteiger partial charge is 0.493 e. The van der Waals surface area contributed by atoms with Crippen molar-refractivity contribution in [1.82, 2.24) is 4.90 Å². The van der Waals surface area contributed by atoms with Crippen molar-refractivity contribution in [2.75, 3.05) is 19.8 Å². The van der Waals surface area contributed by atoms with E-state index in [0.29, 0.717) is 39.8 Å². The Morgan fingerprint density at radius 1 is 1.16 bits per heavy atom. The van der Waals surface area contributed by atoms with Crippen LogP contribution in [-0.2, 0) is 4.79 Å². The minimum absolute atomic E-state index is 0.136. The molecule has 0 N–H and O–H groups in total. The molecule has 0 spiro atoms. The van der Waals surface area contributed by atoms with Crippen molar-refractivity contribution < 1.29 is 14.3 Å². The molecule has 1 aliphatic rings. The van der Waals surface area contributed by atoms with Gasteiger partial charge in [-0.1, -0.05) is 53.8 Å². The summed E-state index contributed by atoms with van der Waals surface area (Å²) in [6, 6.07) is 11.4. The summed E-state index contributed by atoms with van der Waals surface area (Å²) in [5.74, 6) is 1.42. The fraction of sp³-hybridized carbons (Fsp3) is 0.250. The second-order valence-electron chi connectivity index (χ2n) is 7.01. The van der Waals surface area contributed by atoms with Crippen molar-refractivity contribution >= 4 is 51.9 Å². The number of thiocarbonyl (C=S) groups is 1. The molecule has 3 rings (SSSR count). The number of carbonyl (C=O) groups excluding carboxylic acids is 1. The first-order valence-corrected chi connectivity index (χ1v) is 11.5. The summed E-state index contributed by atoms with van der Waals surface area (Å²) in [5.41, 5.74) is 3.09. The number of thioether (sulfide) groups is 1. The molecule has 7 heteroatoms. The second kappa shape index (κ2) is 10.8. The van der Waals surface area contributed by atoms with E-state index in [1.54, 1.807) is 24.3 Å². The van der Waals surface area contributed by atoms with Gasteiger partial charge >= 0.3 is 0 Å². The third-order valence-electron chi connectivity index (χ3n) is 4.80. The summed E-state index contributed by atoms with van der Waals surface area (Å²) in [7, 11) is 0. The third-order valence-corrected chi connectivity index (χ3v) is 6.42. The number of aryl methyl sites for hydroxylation is 1. The zero-order valence-corrected chi connectivity index (χ0v) is 19.9. The van der Waals surface area contributed by atoms with E-state index in [4.69, 9.17) is 33.3 Å². The van der Waals surface area contributed by atoms with Gasteiger partial charge in [-0.2, -0.15) is 0 Å². The summed E-state index contributed by atoms with van der Waals surface area (Å²) in [6.07, 6.45) is 4.15. The van der Waals surface area contributed by atoms with Crippen LogP contribution in [0.4, 0.5) is 0 Å². The second-order valence-corrected chi connectivity index (χ2v) is 9.12. The summed E-state index contributed by atoms with van der Waals surface area (Å²) >= 11 is 12.7. The molecule has 4 nitrogen and oxygen atoms in total. The van der Waals surface area contributed by atoms with Gasteiger partial charge < -0.3 is 9.47 Å². The first-order valence-electron chi connectivity index (χ1n) is 9.88. The minimum atomic E-state index is -0.136. The van der Waals surface area contributed by atoms with Crippen LogP contribution in [0.25, 0.3) is 6.08 Å². The molecule has 0 saturated carbocycles. The Bertz CT molecular complexity index is 1040. The van der Waals surface area contributed by atoms with Gasteiger partial charge in [-0.05, 0) is 55.3 Å². The molecule has 0 bridgehead atoms. The molecule has 0 radical (unpaired) electrons. The minimum Gasteiger partial charge on any atom is -0.493 e. The van der Waals surface area contributed by atoms with Crippen molar-refractivity contribution in [3.63, 3.8) is 0 Å². The molecule has 0 unspecified atom stereocenters. The average molecular weight is 474 g/mol. The standard InChI is InChI=1S/C24H24ClNO3S2/c1-4-11-26-23(27)22(31-24(26)30)15-18-14-19(25)9-10-21(18)29-13-6-12-28-20-8-5-7-16(2)17(20)3/h4-5,7-10,14-15H,1,6,11-13H2,2-3H3/b22-15-. The van der Waals surface area contributed by atoms with Gasteiger partial charge in [-0.25, -0.2) is 0 Å². The summed E-state index contributed by atoms with van der Waals surface area (Å²) < 4.78 is 12.4. The lowest BCUT2D eigenvalue weighted by Crippen LogP contribution is -2.27. The van der Waals surface area contributed by atoms with E-state index in [2.05, 4.69) is 26.5 Å². The average Bonchev–Trinajstić information content (AvgIpc) is 3.00. The number of amides is 1. The molecule has 1 aliphatic heterocycles. The van der Waals surface area contributed by atoms with Gasteiger partial charge in [0.05, 0.1) is 18.1 Å². The van der Waals surface area contributed by atoms with Crippen LogP contribution in [0.5, 0.6) is 11.5 Å². The number of halogens is 1. The highest BCUT2D eigenvalue weighted by molar-refractivity contribution is 8.26. The lowest BCUT2D eigenvalue weighted by molar-refractivity contribution is -0.121. The summed E-state index contributed by atoms with van der Waals surface area (Å²) in [4.78, 5) is 14.7. The fourth-order valence-corrected chi connectivity index (χ4v) is 4.44. The van der Waals surface area contributed by atoms with Crippen molar-refractivity contribution in [3.05, 3.63) is 75.7 Å². The van der Waals surface area contributed by atoms with Crippen LogP contribution < -0.4 is 9.47 Å². The number of nitrogens with zero attached hydrogens (tertiary/aromatic N) is 1. The molecule has 1 saturated heterocycles. The van der Waals surface area contributed by atoms with Gasteiger partial charge in [-0.3, -0.25) is 9.69 Å². The highest BCUT2D eigenvalue weighted by atomic mass is 35.5. The van der Waals surface area contributed by atoms with Gasteiger partial charge in [0.25, 0.3) is 5.91 Å². The van der Waals surface area contributed by atoms with Crippen LogP contribution >= 0.6 is 35.6 Å². The third kappa shape index (κ3) is 5.91. The highest BCUT2D eigenvalue weighted by Gasteiger charge is 2.31. The maximum Gasteiger partial charge on any atom is 0.266 e. The number of hydrogen-bond donors (Lipinski definition) is 0. The fourth-order valence-electron chi connectivity index (χ4n) is 3.00. The molecule has 162 valence electrons. The van der Waals surface area contributed by atoms with Crippen LogP contribution in [0.2, 0.25) is 5.02 Å². The monoisotopic (exact) mass is 473 g/mol. The van der Waals surface area contributed by atoms with E-state index in [1.807, 2.05) is 18.2 Å². The van der Waals surface area contributed by atoms with E-state index in [9.17, 15) is 4.79 Å². The SMILES string of the molecule is C=CCN1C(=O)/C(=C/c2cc(Cl)ccc2OCCCOc2cccc(C)c2C)SC1=S. The summed E-state index contributed by atoms with van der Waals surface area (Å²) in [5, 5.41) is 0.568. The van der Waals surface area contributed by atoms with Crippen LogP contribution in [0.1, 0.15) is 23.1 Å². The maximum absolute atomic E-state index is 12.6.